The number of likely N-dealkylation sites (tertiary alicyclic amines) is 1. The van der Waals surface area contributed by atoms with E-state index in [-0.39, 0.29) is 30.2 Å². The Labute approximate surface area is 165 Å². The first-order chi connectivity index (χ1) is 12.8. The molecule has 2 atom stereocenters. The molecule has 2 aromatic carbocycles. The number of hydrogen-bond donors (Lipinski definition) is 2. The van der Waals surface area contributed by atoms with Gasteiger partial charge in [-0.05, 0) is 60.9 Å². The quantitative estimate of drug-likeness (QED) is 0.761. The van der Waals surface area contributed by atoms with Crippen LogP contribution in [0, 0.1) is 12.7 Å². The Morgan fingerprint density at radius 3 is 2.56 bits per heavy atom. The smallest absolute Gasteiger partial charge is 0.407 e. The number of rotatable bonds is 3. The molecule has 0 aromatic heterocycles. The molecule has 2 amide bonds. The number of nitrogens with zero attached hydrogens (tertiary/aromatic N) is 1. The lowest BCUT2D eigenvalue weighted by Gasteiger charge is -2.38. The third-order valence-corrected chi connectivity index (χ3v) is 5.47. The largest absolute Gasteiger partial charge is 0.465 e. The van der Waals surface area contributed by atoms with Gasteiger partial charge in [-0.1, -0.05) is 22.0 Å². The van der Waals surface area contributed by atoms with E-state index >= 15 is 0 Å². The van der Waals surface area contributed by atoms with Gasteiger partial charge in [-0.3, -0.25) is 4.79 Å². The van der Waals surface area contributed by atoms with E-state index in [1.54, 1.807) is 37.3 Å². The number of aryl methyl sites for hydroxylation is 1. The van der Waals surface area contributed by atoms with Gasteiger partial charge in [-0.15, -0.1) is 0 Å². The van der Waals surface area contributed by atoms with Gasteiger partial charge in [0.25, 0.3) is 5.91 Å². The summed E-state index contributed by atoms with van der Waals surface area (Å²) in [5, 5.41) is 12.4. The summed E-state index contributed by atoms with van der Waals surface area (Å²) < 4.78 is 14.4. The Kier molecular flexibility index (Phi) is 5.79. The second-order valence-corrected chi connectivity index (χ2v) is 7.63. The van der Waals surface area contributed by atoms with Crippen molar-refractivity contribution in [1.82, 2.24) is 10.2 Å². The lowest BCUT2D eigenvalue weighted by atomic mass is 9.83. The summed E-state index contributed by atoms with van der Waals surface area (Å²) in [5.41, 5.74) is 2.13. The second kappa shape index (κ2) is 8.08. The van der Waals surface area contributed by atoms with Gasteiger partial charge in [0, 0.05) is 35.1 Å². The predicted octanol–water partition coefficient (Wildman–Crippen LogP) is 4.16. The fourth-order valence-electron chi connectivity index (χ4n) is 3.52. The zero-order valence-corrected chi connectivity index (χ0v) is 16.4. The summed E-state index contributed by atoms with van der Waals surface area (Å²) in [5.74, 6) is -0.784. The van der Waals surface area contributed by atoms with E-state index in [1.165, 1.54) is 17.0 Å². The number of nitrogens with one attached hydrogen (secondary N) is 1. The van der Waals surface area contributed by atoms with Gasteiger partial charge in [0.15, 0.2) is 0 Å². The van der Waals surface area contributed by atoms with Crippen molar-refractivity contribution in [2.24, 2.45) is 0 Å². The molecule has 1 fully saturated rings. The number of benzene rings is 2. The Bertz CT molecular complexity index is 857. The average molecular weight is 435 g/mol. The van der Waals surface area contributed by atoms with E-state index in [0.29, 0.717) is 18.5 Å². The van der Waals surface area contributed by atoms with Crippen LogP contribution in [-0.2, 0) is 0 Å². The normalized spacial score (nSPS) is 19.6. The molecule has 5 nitrogen and oxygen atoms in total. The van der Waals surface area contributed by atoms with Gasteiger partial charge in [-0.2, -0.15) is 0 Å². The van der Waals surface area contributed by atoms with Gasteiger partial charge in [0.1, 0.15) is 5.82 Å². The Hall–Kier alpha value is -2.41. The minimum Gasteiger partial charge on any atom is -0.465 e. The van der Waals surface area contributed by atoms with Gasteiger partial charge in [0.2, 0.25) is 0 Å². The first kappa shape index (κ1) is 19.4. The van der Waals surface area contributed by atoms with Crippen molar-refractivity contribution in [3.8, 4) is 0 Å². The number of hydrogen-bond acceptors (Lipinski definition) is 2. The minimum atomic E-state index is -0.988. The number of amides is 2. The molecule has 0 spiro atoms. The van der Waals surface area contributed by atoms with Crippen LogP contribution in [0.15, 0.2) is 46.9 Å². The van der Waals surface area contributed by atoms with Crippen LogP contribution in [0.3, 0.4) is 0 Å². The highest BCUT2D eigenvalue weighted by molar-refractivity contribution is 9.10. The summed E-state index contributed by atoms with van der Waals surface area (Å²) in [4.78, 5) is 25.4. The van der Waals surface area contributed by atoms with Crippen LogP contribution in [0.4, 0.5) is 9.18 Å². The minimum absolute atomic E-state index is 0.207. The third-order valence-electron chi connectivity index (χ3n) is 4.94. The van der Waals surface area contributed by atoms with E-state index < -0.39 is 6.09 Å². The van der Waals surface area contributed by atoms with Crippen LogP contribution in [0.25, 0.3) is 0 Å². The Morgan fingerprint density at radius 1 is 1.22 bits per heavy atom. The molecule has 3 rings (SSSR count). The number of halogens is 2. The number of carbonyl (C=O) groups excluding carboxylic acids is 1. The molecule has 0 aliphatic carbocycles. The van der Waals surface area contributed by atoms with Crippen molar-refractivity contribution < 1.29 is 19.1 Å². The number of carboxylic acid groups (broad SMARTS) is 1. The van der Waals surface area contributed by atoms with Crippen LogP contribution < -0.4 is 5.32 Å². The highest BCUT2D eigenvalue weighted by Gasteiger charge is 2.34. The number of piperidine rings is 1. The standard InChI is InChI=1S/C20H20BrFN2O3/c1-12-10-15(22)6-7-16(12)17-11-24(20(26)27)9-8-18(17)23-19(25)13-2-4-14(21)5-3-13/h2-7,10,17-18H,8-9,11H2,1H3,(H,23,25)(H,26,27)/t17-,18+/m0/s1. The Balaban J connectivity index is 1.85. The van der Waals surface area contributed by atoms with Gasteiger partial charge >= 0.3 is 6.09 Å². The maximum atomic E-state index is 13.5. The average Bonchev–Trinajstić information content (AvgIpc) is 2.62. The van der Waals surface area contributed by atoms with E-state index in [0.717, 1.165) is 15.6 Å². The second-order valence-electron chi connectivity index (χ2n) is 6.71. The first-order valence-electron chi connectivity index (χ1n) is 8.65. The molecular weight excluding hydrogens is 415 g/mol. The molecule has 0 bridgehead atoms. The predicted molar refractivity (Wildman–Crippen MR) is 103 cm³/mol. The van der Waals surface area contributed by atoms with Crippen LogP contribution in [-0.4, -0.2) is 41.1 Å². The van der Waals surface area contributed by atoms with Crippen molar-refractivity contribution in [2.45, 2.75) is 25.3 Å². The van der Waals surface area contributed by atoms with Gasteiger partial charge in [0.05, 0.1) is 0 Å². The highest BCUT2D eigenvalue weighted by Crippen LogP contribution is 2.30. The molecule has 0 radical (unpaired) electrons. The summed E-state index contributed by atoms with van der Waals surface area (Å²) in [6.07, 6.45) is -0.492. The molecule has 2 N–H and O–H groups in total. The molecule has 1 aliphatic rings. The fourth-order valence-corrected chi connectivity index (χ4v) is 3.79. The molecule has 142 valence electrons. The zero-order chi connectivity index (χ0) is 19.6. The van der Waals surface area contributed by atoms with Gasteiger partial charge in [-0.25, -0.2) is 9.18 Å². The van der Waals surface area contributed by atoms with Gasteiger partial charge < -0.3 is 15.3 Å². The molecule has 2 aromatic rings. The lowest BCUT2D eigenvalue weighted by Crippen LogP contribution is -2.51. The summed E-state index contributed by atoms with van der Waals surface area (Å²) >= 11 is 3.34. The molecule has 1 heterocycles. The van der Waals surface area contributed by atoms with Crippen molar-refractivity contribution >= 4 is 27.9 Å². The van der Waals surface area contributed by atoms with E-state index in [9.17, 15) is 19.1 Å². The topological polar surface area (TPSA) is 69.6 Å². The van der Waals surface area contributed by atoms with E-state index in [4.69, 9.17) is 0 Å². The molecule has 7 heteroatoms. The fraction of sp³-hybridized carbons (Fsp3) is 0.300. The van der Waals surface area contributed by atoms with Crippen molar-refractivity contribution in [3.05, 3.63) is 69.4 Å². The highest BCUT2D eigenvalue weighted by atomic mass is 79.9. The van der Waals surface area contributed by atoms with E-state index in [2.05, 4.69) is 21.2 Å². The van der Waals surface area contributed by atoms with Crippen molar-refractivity contribution in [2.75, 3.05) is 13.1 Å². The maximum absolute atomic E-state index is 13.5. The maximum Gasteiger partial charge on any atom is 0.407 e. The van der Waals surface area contributed by atoms with Crippen molar-refractivity contribution in [3.63, 3.8) is 0 Å². The lowest BCUT2D eigenvalue weighted by molar-refractivity contribution is 0.0888. The SMILES string of the molecule is Cc1cc(F)ccc1[C@@H]1CN(C(=O)O)CC[C@H]1NC(=O)c1ccc(Br)cc1. The molecule has 0 saturated carbocycles. The summed E-state index contributed by atoms with van der Waals surface area (Å²) in [6, 6.07) is 11.3. The van der Waals surface area contributed by atoms with Crippen molar-refractivity contribution in [1.29, 1.82) is 0 Å². The van der Waals surface area contributed by atoms with Crippen LogP contribution in [0.1, 0.15) is 33.8 Å². The number of carbonyl (C=O) groups is 2. The van der Waals surface area contributed by atoms with Crippen LogP contribution in [0.5, 0.6) is 0 Å². The first-order valence-corrected chi connectivity index (χ1v) is 9.45. The van der Waals surface area contributed by atoms with E-state index in [1.807, 2.05) is 0 Å². The van der Waals surface area contributed by atoms with Crippen LogP contribution >= 0.6 is 15.9 Å². The monoisotopic (exact) mass is 434 g/mol. The molecule has 27 heavy (non-hydrogen) atoms. The third kappa shape index (κ3) is 4.47. The molecule has 0 unspecified atom stereocenters. The molecule has 1 aliphatic heterocycles. The molecule has 1 saturated heterocycles. The van der Waals surface area contributed by atoms with Crippen LogP contribution in [0.2, 0.25) is 0 Å². The molecular formula is C20H20BrFN2O3. The summed E-state index contributed by atoms with van der Waals surface area (Å²) in [6.45, 7) is 2.40. The summed E-state index contributed by atoms with van der Waals surface area (Å²) in [7, 11) is 0. The Morgan fingerprint density at radius 2 is 1.93 bits per heavy atom. The zero-order valence-electron chi connectivity index (χ0n) is 14.8.